The number of thiocarbonyl (C=S) groups is 1. The Hall–Kier alpha value is -1.14. The van der Waals surface area contributed by atoms with Crippen LogP contribution in [0.2, 0.25) is 0 Å². The maximum Gasteiger partial charge on any atom is 0.341 e. The van der Waals surface area contributed by atoms with E-state index < -0.39 is 0 Å². The lowest BCUT2D eigenvalue weighted by Gasteiger charge is -2.26. The van der Waals surface area contributed by atoms with Gasteiger partial charge < -0.3 is 15.0 Å². The normalized spacial score (nSPS) is 13.8. The average Bonchev–Trinajstić information content (AvgIpc) is 3.07. The number of carbonyl (C=O) groups excluding carboxylic acids is 1. The Morgan fingerprint density at radius 3 is 2.16 bits per heavy atom. The zero-order chi connectivity index (χ0) is 22.5. The number of rotatable bonds is 12. The molecular formula is C25H42N2O2S2. The molecule has 1 aromatic rings. The lowest BCUT2D eigenvalue weighted by molar-refractivity contribution is 0.0601. The molecule has 0 fully saturated rings. The third kappa shape index (κ3) is 8.38. The van der Waals surface area contributed by atoms with E-state index in [-0.39, 0.29) is 5.97 Å². The molecule has 4 nitrogen and oxygen atoms in total. The summed E-state index contributed by atoms with van der Waals surface area (Å²) in [5.74, 6) is -0.235. The molecular weight excluding hydrogens is 424 g/mol. The standard InChI is InChI=1S/C25H42N2O2S2/c1-4-6-8-14-18-27(19-15-9-7-5-2)25(30)26-23-22(24(28)29-3)20-16-12-10-11-13-17-21(20)31-23/h4-19H2,1-3H3,(H,26,30). The van der Waals surface area contributed by atoms with Gasteiger partial charge in [0.05, 0.1) is 12.7 Å². The van der Waals surface area contributed by atoms with Crippen molar-refractivity contribution in [2.75, 3.05) is 25.5 Å². The summed E-state index contributed by atoms with van der Waals surface area (Å²) in [5, 5.41) is 5.12. The molecule has 0 aliphatic heterocycles. The highest BCUT2D eigenvalue weighted by Gasteiger charge is 2.26. The van der Waals surface area contributed by atoms with Crippen LogP contribution in [0.25, 0.3) is 0 Å². The molecule has 176 valence electrons. The first-order chi connectivity index (χ1) is 15.1. The van der Waals surface area contributed by atoms with E-state index >= 15 is 0 Å². The van der Waals surface area contributed by atoms with Crippen molar-refractivity contribution < 1.29 is 9.53 Å². The zero-order valence-electron chi connectivity index (χ0n) is 19.9. The summed E-state index contributed by atoms with van der Waals surface area (Å²) in [5.41, 5.74) is 1.92. The number of methoxy groups -OCH3 is 1. The highest BCUT2D eigenvalue weighted by Crippen LogP contribution is 2.37. The number of hydrogen-bond donors (Lipinski definition) is 1. The summed E-state index contributed by atoms with van der Waals surface area (Å²) in [6.45, 7) is 6.45. The lowest BCUT2D eigenvalue weighted by Crippen LogP contribution is -2.36. The van der Waals surface area contributed by atoms with Gasteiger partial charge in [0.1, 0.15) is 5.00 Å². The fraction of sp³-hybridized carbons (Fsp3) is 0.760. The summed E-state index contributed by atoms with van der Waals surface area (Å²) in [6.07, 6.45) is 16.7. The molecule has 0 unspecified atom stereocenters. The molecule has 1 aromatic heterocycles. The molecule has 0 saturated carbocycles. The van der Waals surface area contributed by atoms with Crippen LogP contribution in [-0.2, 0) is 17.6 Å². The van der Waals surface area contributed by atoms with E-state index in [0.717, 1.165) is 60.9 Å². The van der Waals surface area contributed by atoms with Crippen LogP contribution < -0.4 is 5.32 Å². The maximum atomic E-state index is 12.7. The van der Waals surface area contributed by atoms with Crippen molar-refractivity contribution in [3.05, 3.63) is 16.0 Å². The number of anilines is 1. The SMILES string of the molecule is CCCCCCN(CCCCCC)C(=S)Nc1sc2c(c1C(=O)OC)CCCCCC2. The van der Waals surface area contributed by atoms with Crippen LogP contribution in [0.3, 0.4) is 0 Å². The Morgan fingerprint density at radius 1 is 0.968 bits per heavy atom. The van der Waals surface area contributed by atoms with Crippen molar-refractivity contribution in [2.45, 2.75) is 104 Å². The summed E-state index contributed by atoms with van der Waals surface area (Å²) in [7, 11) is 1.48. The number of nitrogens with zero attached hydrogens (tertiary/aromatic N) is 1. The van der Waals surface area contributed by atoms with Crippen molar-refractivity contribution >= 4 is 39.6 Å². The minimum atomic E-state index is -0.235. The molecule has 1 heterocycles. The molecule has 0 saturated heterocycles. The molecule has 0 spiro atoms. The molecule has 0 amide bonds. The molecule has 0 atom stereocenters. The molecule has 2 rings (SSSR count). The van der Waals surface area contributed by atoms with Gasteiger partial charge in [0, 0.05) is 18.0 Å². The van der Waals surface area contributed by atoms with Crippen LogP contribution in [0.5, 0.6) is 0 Å². The number of nitrogens with one attached hydrogen (secondary N) is 1. The molecule has 0 aromatic carbocycles. The van der Waals surface area contributed by atoms with Crippen molar-refractivity contribution in [3.63, 3.8) is 0 Å². The maximum absolute atomic E-state index is 12.7. The molecule has 6 heteroatoms. The van der Waals surface area contributed by atoms with Gasteiger partial charge in [0.2, 0.25) is 0 Å². The number of carbonyl (C=O) groups is 1. The second kappa shape index (κ2) is 14.8. The van der Waals surface area contributed by atoms with Crippen molar-refractivity contribution in [1.82, 2.24) is 4.90 Å². The Morgan fingerprint density at radius 2 is 1.58 bits per heavy atom. The molecule has 1 N–H and O–H groups in total. The number of fused-ring (bicyclic) bond motifs is 1. The predicted molar refractivity (Wildman–Crippen MR) is 138 cm³/mol. The topological polar surface area (TPSA) is 41.6 Å². The fourth-order valence-corrected chi connectivity index (χ4v) is 5.90. The fourth-order valence-electron chi connectivity index (χ4n) is 4.28. The van der Waals surface area contributed by atoms with Gasteiger partial charge in [0.15, 0.2) is 5.11 Å². The van der Waals surface area contributed by atoms with E-state index in [1.54, 1.807) is 11.3 Å². The van der Waals surface area contributed by atoms with E-state index in [0.29, 0.717) is 0 Å². The summed E-state index contributed by atoms with van der Waals surface area (Å²) < 4.78 is 5.17. The lowest BCUT2D eigenvalue weighted by atomic mass is 9.96. The molecule has 0 bridgehead atoms. The average molecular weight is 467 g/mol. The van der Waals surface area contributed by atoms with Crippen LogP contribution in [0.4, 0.5) is 5.00 Å². The number of hydrogen-bond acceptors (Lipinski definition) is 4. The van der Waals surface area contributed by atoms with E-state index in [1.807, 2.05) is 0 Å². The van der Waals surface area contributed by atoms with Crippen LogP contribution in [0, 0.1) is 0 Å². The highest BCUT2D eigenvalue weighted by molar-refractivity contribution is 7.80. The van der Waals surface area contributed by atoms with E-state index in [9.17, 15) is 4.79 Å². The zero-order valence-corrected chi connectivity index (χ0v) is 21.5. The van der Waals surface area contributed by atoms with E-state index in [4.69, 9.17) is 17.0 Å². The Labute approximate surface area is 199 Å². The van der Waals surface area contributed by atoms with Gasteiger partial charge in [-0.25, -0.2) is 4.79 Å². The largest absolute Gasteiger partial charge is 0.465 e. The van der Waals surface area contributed by atoms with Gasteiger partial charge in [-0.1, -0.05) is 65.2 Å². The third-order valence-electron chi connectivity index (χ3n) is 6.13. The van der Waals surface area contributed by atoms with E-state index in [1.165, 1.54) is 75.3 Å². The van der Waals surface area contributed by atoms with Crippen LogP contribution in [-0.4, -0.2) is 36.2 Å². The smallest absolute Gasteiger partial charge is 0.341 e. The van der Waals surface area contributed by atoms with Crippen LogP contribution in [0.1, 0.15) is 112 Å². The first-order valence-electron chi connectivity index (χ1n) is 12.4. The summed E-state index contributed by atoms with van der Waals surface area (Å²) in [4.78, 5) is 16.3. The summed E-state index contributed by atoms with van der Waals surface area (Å²) >= 11 is 7.57. The van der Waals surface area contributed by atoms with Gasteiger partial charge in [-0.3, -0.25) is 0 Å². The number of thiophene rings is 1. The molecule has 1 aliphatic rings. The summed E-state index contributed by atoms with van der Waals surface area (Å²) in [6, 6.07) is 0. The number of ether oxygens (including phenoxy) is 1. The second-order valence-corrected chi connectivity index (χ2v) is 10.1. The first kappa shape index (κ1) is 26.1. The molecule has 1 aliphatic carbocycles. The second-order valence-electron chi connectivity index (χ2n) is 8.65. The predicted octanol–water partition coefficient (Wildman–Crippen LogP) is 7.35. The van der Waals surface area contributed by atoms with E-state index in [2.05, 4.69) is 24.1 Å². The van der Waals surface area contributed by atoms with Crippen molar-refractivity contribution in [2.24, 2.45) is 0 Å². The van der Waals surface area contributed by atoms with Crippen LogP contribution >= 0.6 is 23.6 Å². The first-order valence-corrected chi connectivity index (χ1v) is 13.6. The van der Waals surface area contributed by atoms with Gasteiger partial charge in [0.25, 0.3) is 0 Å². The van der Waals surface area contributed by atoms with Gasteiger partial charge in [-0.05, 0) is 56.3 Å². The Kier molecular flexibility index (Phi) is 12.5. The Bertz CT molecular complexity index is 675. The minimum Gasteiger partial charge on any atom is -0.465 e. The third-order valence-corrected chi connectivity index (χ3v) is 7.70. The van der Waals surface area contributed by atoms with Gasteiger partial charge in [-0.2, -0.15) is 0 Å². The number of aryl methyl sites for hydroxylation is 1. The van der Waals surface area contributed by atoms with Gasteiger partial charge >= 0.3 is 5.97 Å². The van der Waals surface area contributed by atoms with Gasteiger partial charge in [-0.15, -0.1) is 11.3 Å². The molecule has 31 heavy (non-hydrogen) atoms. The van der Waals surface area contributed by atoms with Crippen molar-refractivity contribution in [3.8, 4) is 0 Å². The highest BCUT2D eigenvalue weighted by atomic mass is 32.1. The quantitative estimate of drug-likeness (QED) is 0.198. The van der Waals surface area contributed by atoms with Crippen LogP contribution in [0.15, 0.2) is 0 Å². The van der Waals surface area contributed by atoms with Crippen molar-refractivity contribution in [1.29, 1.82) is 0 Å². The number of unbranched alkanes of at least 4 members (excludes halogenated alkanes) is 6. The Balaban J connectivity index is 2.15. The molecule has 0 radical (unpaired) electrons. The minimum absolute atomic E-state index is 0.235. The number of esters is 1. The monoisotopic (exact) mass is 466 g/mol.